The van der Waals surface area contributed by atoms with Gasteiger partial charge in [0.25, 0.3) is 5.91 Å². The van der Waals surface area contributed by atoms with Gasteiger partial charge in [-0.15, -0.1) is 0 Å². The van der Waals surface area contributed by atoms with Crippen LogP contribution in [0.3, 0.4) is 0 Å². The maximum Gasteiger partial charge on any atom is 0.413 e. The summed E-state index contributed by atoms with van der Waals surface area (Å²) in [5.41, 5.74) is 2.11. The number of imidazole rings is 1. The number of amides is 2. The molecule has 4 rings (SSSR count). The minimum Gasteiger partial charge on any atom is -0.453 e. The molecule has 1 aromatic heterocycles. The fourth-order valence-corrected chi connectivity index (χ4v) is 3.54. The number of anilines is 2. The number of methoxy groups -OCH3 is 1. The van der Waals surface area contributed by atoms with E-state index in [-0.39, 0.29) is 27.3 Å². The number of carbonyl (C=O) groups excluding carboxylic acids is 3. The van der Waals surface area contributed by atoms with Crippen molar-refractivity contribution in [3.63, 3.8) is 0 Å². The van der Waals surface area contributed by atoms with Crippen LogP contribution in [-0.2, 0) is 4.74 Å². The van der Waals surface area contributed by atoms with Gasteiger partial charge in [0.05, 0.1) is 28.2 Å². The molecule has 0 radical (unpaired) electrons. The van der Waals surface area contributed by atoms with Gasteiger partial charge >= 0.3 is 6.09 Å². The van der Waals surface area contributed by atoms with E-state index in [0.717, 1.165) is 0 Å². The molecule has 0 bridgehead atoms. The summed E-state index contributed by atoms with van der Waals surface area (Å²) in [5, 5.41) is 5.10. The van der Waals surface area contributed by atoms with E-state index in [1.165, 1.54) is 31.4 Å². The SMILES string of the molecule is COC(=O)Nc1nc2ccc(C(=O)c3ccccc3C(=O)Nc3ccc(F)c(Br)c3)cc2[nH]1. The second kappa shape index (κ2) is 9.21. The zero-order chi connectivity index (χ0) is 23.5. The number of benzene rings is 3. The summed E-state index contributed by atoms with van der Waals surface area (Å²) in [5.74, 6) is -1.17. The molecule has 0 aliphatic rings. The maximum atomic E-state index is 13.5. The highest BCUT2D eigenvalue weighted by molar-refractivity contribution is 9.10. The monoisotopic (exact) mass is 510 g/mol. The van der Waals surface area contributed by atoms with Gasteiger partial charge < -0.3 is 15.0 Å². The molecule has 4 aromatic rings. The van der Waals surface area contributed by atoms with Crippen LogP contribution in [0.5, 0.6) is 0 Å². The van der Waals surface area contributed by atoms with Gasteiger partial charge in [-0.2, -0.15) is 0 Å². The third-order valence-electron chi connectivity index (χ3n) is 4.74. The van der Waals surface area contributed by atoms with Crippen LogP contribution in [0.15, 0.2) is 65.1 Å². The molecule has 0 atom stereocenters. The van der Waals surface area contributed by atoms with Crippen molar-refractivity contribution in [2.75, 3.05) is 17.7 Å². The lowest BCUT2D eigenvalue weighted by molar-refractivity contribution is 0.0996. The highest BCUT2D eigenvalue weighted by Crippen LogP contribution is 2.23. The third kappa shape index (κ3) is 4.75. The van der Waals surface area contributed by atoms with Gasteiger partial charge in [0.1, 0.15) is 5.82 Å². The second-order valence-electron chi connectivity index (χ2n) is 6.89. The van der Waals surface area contributed by atoms with Gasteiger partial charge in [0.2, 0.25) is 5.95 Å². The van der Waals surface area contributed by atoms with Crippen LogP contribution in [0, 0.1) is 5.82 Å². The fourth-order valence-electron chi connectivity index (χ4n) is 3.16. The highest BCUT2D eigenvalue weighted by Gasteiger charge is 2.19. The number of nitrogens with one attached hydrogen (secondary N) is 3. The summed E-state index contributed by atoms with van der Waals surface area (Å²) in [7, 11) is 1.23. The number of hydrogen-bond donors (Lipinski definition) is 3. The molecule has 0 aliphatic heterocycles. The number of halogens is 2. The predicted octanol–water partition coefficient (Wildman–Crippen LogP) is 5.13. The number of nitrogens with zero attached hydrogens (tertiary/aromatic N) is 1. The van der Waals surface area contributed by atoms with Crippen molar-refractivity contribution >= 4 is 56.4 Å². The molecule has 0 spiro atoms. The molecule has 0 saturated carbocycles. The summed E-state index contributed by atoms with van der Waals surface area (Å²) < 4.78 is 18.2. The molecule has 10 heteroatoms. The molecule has 8 nitrogen and oxygen atoms in total. The van der Waals surface area contributed by atoms with Gasteiger partial charge in [0.15, 0.2) is 5.78 Å². The Morgan fingerprint density at radius 1 is 1.00 bits per heavy atom. The van der Waals surface area contributed by atoms with E-state index in [1.807, 2.05) is 0 Å². The molecule has 3 N–H and O–H groups in total. The minimum absolute atomic E-state index is 0.167. The molecule has 2 amide bonds. The average Bonchev–Trinajstić information content (AvgIpc) is 3.22. The summed E-state index contributed by atoms with van der Waals surface area (Å²) >= 11 is 3.08. The van der Waals surface area contributed by atoms with E-state index in [1.54, 1.807) is 36.4 Å². The number of ketones is 1. The Labute approximate surface area is 195 Å². The quantitative estimate of drug-likeness (QED) is 0.322. The first-order valence-electron chi connectivity index (χ1n) is 9.60. The van der Waals surface area contributed by atoms with Crippen molar-refractivity contribution in [2.45, 2.75) is 0 Å². The number of ether oxygens (including phenoxy) is 1. The summed E-state index contributed by atoms with van der Waals surface area (Å²) in [6.45, 7) is 0. The Kier molecular flexibility index (Phi) is 6.18. The molecule has 166 valence electrons. The maximum absolute atomic E-state index is 13.5. The summed E-state index contributed by atoms with van der Waals surface area (Å²) in [4.78, 5) is 44.6. The fraction of sp³-hybridized carbons (Fsp3) is 0.0435. The zero-order valence-electron chi connectivity index (χ0n) is 17.1. The van der Waals surface area contributed by atoms with E-state index in [2.05, 4.69) is 41.3 Å². The first-order valence-corrected chi connectivity index (χ1v) is 10.4. The number of H-pyrrole nitrogens is 1. The van der Waals surface area contributed by atoms with E-state index in [0.29, 0.717) is 22.3 Å². The van der Waals surface area contributed by atoms with Gasteiger partial charge in [-0.25, -0.2) is 14.2 Å². The third-order valence-corrected chi connectivity index (χ3v) is 5.35. The van der Waals surface area contributed by atoms with Crippen LogP contribution >= 0.6 is 15.9 Å². The largest absolute Gasteiger partial charge is 0.453 e. The smallest absolute Gasteiger partial charge is 0.413 e. The Balaban J connectivity index is 1.62. The number of rotatable bonds is 5. The lowest BCUT2D eigenvalue weighted by atomic mass is 9.97. The van der Waals surface area contributed by atoms with Crippen molar-refractivity contribution in [1.82, 2.24) is 9.97 Å². The first-order chi connectivity index (χ1) is 15.9. The standard InChI is InChI=1S/C23H16BrFN4O4/c1-33-23(32)29-22-27-18-9-6-12(10-19(18)28-22)20(30)14-4-2-3-5-15(14)21(31)26-13-7-8-17(25)16(24)11-13/h2-11H,1H3,(H,26,31)(H2,27,28,29,32). The molecule has 33 heavy (non-hydrogen) atoms. The number of carbonyl (C=O) groups is 3. The van der Waals surface area contributed by atoms with Crippen LogP contribution in [0.2, 0.25) is 0 Å². The minimum atomic E-state index is -0.682. The van der Waals surface area contributed by atoms with Crippen molar-refractivity contribution in [2.24, 2.45) is 0 Å². The van der Waals surface area contributed by atoms with E-state index >= 15 is 0 Å². The van der Waals surface area contributed by atoms with Crippen LogP contribution < -0.4 is 10.6 Å². The van der Waals surface area contributed by atoms with Crippen molar-refractivity contribution < 1.29 is 23.5 Å². The Hall–Kier alpha value is -4.05. The molecular weight excluding hydrogens is 495 g/mol. The van der Waals surface area contributed by atoms with Gasteiger partial charge in [-0.1, -0.05) is 18.2 Å². The summed E-state index contributed by atoms with van der Waals surface area (Å²) in [6, 6.07) is 15.3. The molecule has 1 heterocycles. The van der Waals surface area contributed by atoms with Crippen LogP contribution in [0.25, 0.3) is 11.0 Å². The highest BCUT2D eigenvalue weighted by atomic mass is 79.9. The topological polar surface area (TPSA) is 113 Å². The predicted molar refractivity (Wildman–Crippen MR) is 124 cm³/mol. The second-order valence-corrected chi connectivity index (χ2v) is 7.75. The molecule has 0 aliphatic carbocycles. The molecule has 3 aromatic carbocycles. The van der Waals surface area contributed by atoms with Gasteiger partial charge in [-0.3, -0.25) is 14.9 Å². The molecular formula is C23H16BrFN4O4. The molecule has 0 saturated heterocycles. The number of aromatic amines is 1. The molecule has 0 fully saturated rings. The van der Waals surface area contributed by atoms with E-state index in [9.17, 15) is 18.8 Å². The van der Waals surface area contributed by atoms with Crippen LogP contribution in [-0.4, -0.2) is 34.9 Å². The van der Waals surface area contributed by atoms with Crippen molar-refractivity contribution in [3.05, 3.63) is 87.6 Å². The van der Waals surface area contributed by atoms with Crippen LogP contribution in [0.4, 0.5) is 20.8 Å². The average molecular weight is 511 g/mol. The van der Waals surface area contributed by atoms with Crippen molar-refractivity contribution in [1.29, 1.82) is 0 Å². The summed E-state index contributed by atoms with van der Waals surface area (Å²) in [6.07, 6.45) is -0.682. The Morgan fingerprint density at radius 2 is 1.76 bits per heavy atom. The van der Waals surface area contributed by atoms with E-state index in [4.69, 9.17) is 0 Å². The lowest BCUT2D eigenvalue weighted by Gasteiger charge is -2.10. The van der Waals surface area contributed by atoms with E-state index < -0.39 is 17.8 Å². The van der Waals surface area contributed by atoms with Crippen molar-refractivity contribution in [3.8, 4) is 0 Å². The number of hydrogen-bond acceptors (Lipinski definition) is 5. The number of aromatic nitrogens is 2. The van der Waals surface area contributed by atoms with Crippen LogP contribution in [0.1, 0.15) is 26.3 Å². The zero-order valence-corrected chi connectivity index (χ0v) is 18.7. The lowest BCUT2D eigenvalue weighted by Crippen LogP contribution is -2.17. The number of fused-ring (bicyclic) bond motifs is 1. The van der Waals surface area contributed by atoms with Gasteiger partial charge in [-0.05, 0) is 58.4 Å². The van der Waals surface area contributed by atoms with Gasteiger partial charge in [0, 0.05) is 16.8 Å². The Morgan fingerprint density at radius 3 is 2.48 bits per heavy atom. The molecule has 0 unspecified atom stereocenters. The Bertz CT molecular complexity index is 1400. The normalized spacial score (nSPS) is 10.6. The first kappa shape index (κ1) is 22.2.